The number of aromatic nitrogens is 1. The Labute approximate surface area is 167 Å². The van der Waals surface area contributed by atoms with Crippen molar-refractivity contribution in [3.63, 3.8) is 0 Å². The summed E-state index contributed by atoms with van der Waals surface area (Å²) in [6.45, 7) is 0.311. The Balaban J connectivity index is 1.69. The highest BCUT2D eigenvalue weighted by atomic mass is 19.1. The quantitative estimate of drug-likeness (QED) is 0.686. The highest BCUT2D eigenvalue weighted by molar-refractivity contribution is 5.99. The number of hydrogen-bond donors (Lipinski definition) is 1. The summed E-state index contributed by atoms with van der Waals surface area (Å²) in [5.41, 5.74) is 2.70. The lowest BCUT2D eigenvalue weighted by atomic mass is 10.2. The summed E-state index contributed by atoms with van der Waals surface area (Å²) in [5, 5.41) is 3.37. The molecule has 0 aliphatic carbocycles. The van der Waals surface area contributed by atoms with Gasteiger partial charge in [0.1, 0.15) is 23.5 Å². The summed E-state index contributed by atoms with van der Waals surface area (Å²) in [7, 11) is 3.16. The number of pyridine rings is 1. The lowest BCUT2D eigenvalue weighted by Gasteiger charge is -2.27. The summed E-state index contributed by atoms with van der Waals surface area (Å²) in [5.74, 6) is 0.797. The van der Waals surface area contributed by atoms with Crippen molar-refractivity contribution in [2.45, 2.75) is 12.7 Å². The fourth-order valence-electron chi connectivity index (χ4n) is 3.40. The molecule has 2 heterocycles. The van der Waals surface area contributed by atoms with Gasteiger partial charge in [0.25, 0.3) is 5.91 Å². The van der Waals surface area contributed by atoms with E-state index >= 15 is 0 Å². The van der Waals surface area contributed by atoms with Gasteiger partial charge < -0.3 is 19.7 Å². The number of carbonyl (C=O) groups excluding carboxylic acids is 1. The Bertz CT molecular complexity index is 1040. The highest BCUT2D eigenvalue weighted by Gasteiger charge is 2.38. The molecule has 0 bridgehead atoms. The SMILES string of the molecule is COc1ccc(N[C@@H]2c3ncccc3C(=O)N2Cc2ccc(F)cc2)c(OC)c1. The molecule has 148 valence electrons. The predicted molar refractivity (Wildman–Crippen MR) is 106 cm³/mol. The smallest absolute Gasteiger partial charge is 0.258 e. The minimum Gasteiger partial charge on any atom is -0.497 e. The molecule has 0 saturated heterocycles. The lowest BCUT2D eigenvalue weighted by molar-refractivity contribution is 0.0727. The molecule has 1 amide bonds. The van der Waals surface area contributed by atoms with Crippen LogP contribution in [0.4, 0.5) is 10.1 Å². The van der Waals surface area contributed by atoms with Crippen LogP contribution in [0.25, 0.3) is 0 Å². The summed E-state index contributed by atoms with van der Waals surface area (Å²) >= 11 is 0. The molecule has 1 aliphatic heterocycles. The summed E-state index contributed by atoms with van der Waals surface area (Å²) in [6.07, 6.45) is 1.17. The second-order valence-electron chi connectivity index (χ2n) is 6.61. The Kier molecular flexibility index (Phi) is 5.03. The maximum atomic E-state index is 13.3. The van der Waals surface area contributed by atoms with Gasteiger partial charge in [0.05, 0.1) is 31.2 Å². The second-order valence-corrected chi connectivity index (χ2v) is 6.61. The summed E-state index contributed by atoms with van der Waals surface area (Å²) in [6, 6.07) is 15.0. The van der Waals surface area contributed by atoms with Crippen LogP contribution >= 0.6 is 0 Å². The zero-order chi connectivity index (χ0) is 20.4. The maximum absolute atomic E-state index is 13.3. The third kappa shape index (κ3) is 3.59. The van der Waals surface area contributed by atoms with Gasteiger partial charge in [-0.1, -0.05) is 12.1 Å². The van der Waals surface area contributed by atoms with Crippen LogP contribution in [0.2, 0.25) is 0 Å². The number of anilines is 1. The van der Waals surface area contributed by atoms with E-state index < -0.39 is 6.17 Å². The van der Waals surface area contributed by atoms with Crippen LogP contribution in [0.15, 0.2) is 60.8 Å². The van der Waals surface area contributed by atoms with Crippen LogP contribution in [-0.2, 0) is 6.54 Å². The number of rotatable bonds is 6. The number of amides is 1. The van der Waals surface area contributed by atoms with Gasteiger partial charge in [0, 0.05) is 18.8 Å². The third-order valence-corrected chi connectivity index (χ3v) is 4.87. The molecule has 0 saturated carbocycles. The fourth-order valence-corrected chi connectivity index (χ4v) is 3.40. The molecule has 3 aromatic rings. The number of ether oxygens (including phenoxy) is 2. The van der Waals surface area contributed by atoms with Crippen molar-refractivity contribution in [2.24, 2.45) is 0 Å². The van der Waals surface area contributed by atoms with Crippen LogP contribution < -0.4 is 14.8 Å². The van der Waals surface area contributed by atoms with Gasteiger partial charge in [-0.25, -0.2) is 4.39 Å². The monoisotopic (exact) mass is 393 g/mol. The van der Waals surface area contributed by atoms with Crippen molar-refractivity contribution in [1.82, 2.24) is 9.88 Å². The van der Waals surface area contributed by atoms with Crippen LogP contribution in [0.5, 0.6) is 11.5 Å². The molecular formula is C22H20FN3O3. The molecule has 0 fully saturated rings. The Morgan fingerprint density at radius 1 is 1.10 bits per heavy atom. The number of nitrogens with one attached hydrogen (secondary N) is 1. The summed E-state index contributed by atoms with van der Waals surface area (Å²) in [4.78, 5) is 19.2. The van der Waals surface area contributed by atoms with Crippen LogP contribution in [0.3, 0.4) is 0 Å². The molecular weight excluding hydrogens is 373 g/mol. The average molecular weight is 393 g/mol. The first-order chi connectivity index (χ1) is 14.1. The van der Waals surface area contributed by atoms with Crippen molar-refractivity contribution in [1.29, 1.82) is 0 Å². The first kappa shape index (κ1) is 18.7. The third-order valence-electron chi connectivity index (χ3n) is 4.87. The molecule has 0 spiro atoms. The minimum atomic E-state index is -0.494. The van der Waals surface area contributed by atoms with Crippen molar-refractivity contribution >= 4 is 11.6 Å². The molecule has 1 N–H and O–H groups in total. The molecule has 2 aromatic carbocycles. The molecule has 6 nitrogen and oxygen atoms in total. The average Bonchev–Trinajstić information content (AvgIpc) is 3.01. The van der Waals surface area contributed by atoms with E-state index in [1.54, 1.807) is 55.6 Å². The Morgan fingerprint density at radius 3 is 2.62 bits per heavy atom. The van der Waals surface area contributed by atoms with E-state index in [9.17, 15) is 9.18 Å². The van der Waals surface area contributed by atoms with E-state index in [1.807, 2.05) is 12.1 Å². The largest absolute Gasteiger partial charge is 0.497 e. The topological polar surface area (TPSA) is 63.7 Å². The Hall–Kier alpha value is -3.61. The van der Waals surface area contributed by atoms with E-state index in [-0.39, 0.29) is 11.7 Å². The van der Waals surface area contributed by atoms with Crippen molar-refractivity contribution < 1.29 is 18.7 Å². The van der Waals surface area contributed by atoms with Gasteiger partial charge in [-0.3, -0.25) is 9.78 Å². The molecule has 0 unspecified atom stereocenters. The predicted octanol–water partition coefficient (Wildman–Crippen LogP) is 4.00. The zero-order valence-corrected chi connectivity index (χ0v) is 16.1. The molecule has 1 aliphatic rings. The zero-order valence-electron chi connectivity index (χ0n) is 16.1. The lowest BCUT2D eigenvalue weighted by Crippen LogP contribution is -2.32. The number of carbonyl (C=O) groups is 1. The number of nitrogens with zero attached hydrogens (tertiary/aromatic N) is 2. The number of methoxy groups -OCH3 is 2. The Morgan fingerprint density at radius 2 is 1.90 bits per heavy atom. The van der Waals surface area contributed by atoms with Crippen LogP contribution in [0.1, 0.15) is 27.8 Å². The van der Waals surface area contributed by atoms with Crippen LogP contribution in [-0.4, -0.2) is 30.0 Å². The van der Waals surface area contributed by atoms with Gasteiger partial charge in [0.15, 0.2) is 0 Å². The van der Waals surface area contributed by atoms with Crippen molar-refractivity contribution in [3.8, 4) is 11.5 Å². The van der Waals surface area contributed by atoms with E-state index in [1.165, 1.54) is 12.1 Å². The molecule has 0 radical (unpaired) electrons. The molecule has 7 heteroatoms. The normalized spacial score (nSPS) is 15.2. The minimum absolute atomic E-state index is 0.137. The van der Waals surface area contributed by atoms with Crippen molar-refractivity contribution in [3.05, 3.63) is 83.4 Å². The standard InChI is InChI=1S/C22H20FN3O3/c1-28-16-9-10-18(19(12-16)29-2)25-21-20-17(4-3-11-24-20)22(27)26(21)13-14-5-7-15(23)8-6-14/h3-12,21,25H,13H2,1-2H3/t21-/m0/s1. The summed E-state index contributed by atoms with van der Waals surface area (Å²) < 4.78 is 24.0. The van der Waals surface area contributed by atoms with Crippen molar-refractivity contribution in [2.75, 3.05) is 19.5 Å². The number of fused-ring (bicyclic) bond motifs is 1. The maximum Gasteiger partial charge on any atom is 0.258 e. The second kappa shape index (κ2) is 7.79. The van der Waals surface area contributed by atoms with Gasteiger partial charge in [-0.2, -0.15) is 0 Å². The molecule has 4 rings (SSSR count). The van der Waals surface area contributed by atoms with E-state index in [0.717, 1.165) is 5.56 Å². The molecule has 1 atom stereocenters. The van der Waals surface area contributed by atoms with E-state index in [0.29, 0.717) is 35.0 Å². The van der Waals surface area contributed by atoms with E-state index in [2.05, 4.69) is 10.3 Å². The number of benzene rings is 2. The molecule has 29 heavy (non-hydrogen) atoms. The first-order valence-electron chi connectivity index (χ1n) is 9.09. The van der Waals surface area contributed by atoms with E-state index in [4.69, 9.17) is 9.47 Å². The van der Waals surface area contributed by atoms with Crippen LogP contribution in [0, 0.1) is 5.82 Å². The molecule has 1 aromatic heterocycles. The van der Waals surface area contributed by atoms with Gasteiger partial charge >= 0.3 is 0 Å². The first-order valence-corrected chi connectivity index (χ1v) is 9.09. The van der Waals surface area contributed by atoms with Gasteiger partial charge in [-0.15, -0.1) is 0 Å². The number of halogens is 1. The highest BCUT2D eigenvalue weighted by Crippen LogP contribution is 2.37. The van der Waals surface area contributed by atoms with Gasteiger partial charge in [-0.05, 0) is 42.0 Å². The fraction of sp³-hybridized carbons (Fsp3) is 0.182. The van der Waals surface area contributed by atoms with Gasteiger partial charge in [0.2, 0.25) is 0 Å². The number of hydrogen-bond acceptors (Lipinski definition) is 5.